The Morgan fingerprint density at radius 2 is 1.95 bits per heavy atom. The maximum absolute atomic E-state index is 3.67. The van der Waals surface area contributed by atoms with Gasteiger partial charge in [-0.15, -0.1) is 0 Å². The van der Waals surface area contributed by atoms with E-state index < -0.39 is 0 Å². The fourth-order valence-corrected chi connectivity index (χ4v) is 2.66. The summed E-state index contributed by atoms with van der Waals surface area (Å²) in [5.41, 5.74) is 1.40. The minimum Gasteiger partial charge on any atom is -0.317 e. The van der Waals surface area contributed by atoms with Gasteiger partial charge in [0, 0.05) is 12.6 Å². The molecule has 0 aromatic heterocycles. The van der Waals surface area contributed by atoms with E-state index in [2.05, 4.69) is 52.9 Å². The van der Waals surface area contributed by atoms with Crippen LogP contribution in [0.4, 0.5) is 0 Å². The lowest BCUT2D eigenvalue weighted by Crippen LogP contribution is -2.40. The van der Waals surface area contributed by atoms with Gasteiger partial charge >= 0.3 is 0 Å². The van der Waals surface area contributed by atoms with Crippen molar-refractivity contribution < 1.29 is 0 Å². The van der Waals surface area contributed by atoms with Crippen molar-refractivity contribution in [2.24, 2.45) is 0 Å². The lowest BCUT2D eigenvalue weighted by molar-refractivity contribution is 0.310. The van der Waals surface area contributed by atoms with Crippen molar-refractivity contribution in [1.82, 2.24) is 15.5 Å². The molecule has 1 aromatic rings. The number of rotatable bonds is 7. The second-order valence-electron chi connectivity index (χ2n) is 5.56. The van der Waals surface area contributed by atoms with Gasteiger partial charge in [0.25, 0.3) is 0 Å². The minimum absolute atomic E-state index is 0.737. The molecule has 1 heterocycles. The second kappa shape index (κ2) is 8.31. The van der Waals surface area contributed by atoms with E-state index in [9.17, 15) is 0 Å². The van der Waals surface area contributed by atoms with Gasteiger partial charge in [-0.3, -0.25) is 0 Å². The quantitative estimate of drug-likeness (QED) is 0.734. The van der Waals surface area contributed by atoms with Gasteiger partial charge < -0.3 is 15.5 Å². The summed E-state index contributed by atoms with van der Waals surface area (Å²) in [4.78, 5) is 2.40. The molecule has 0 radical (unpaired) electrons. The first-order chi connectivity index (χ1) is 9.34. The molecule has 2 rings (SSSR count). The predicted molar refractivity (Wildman–Crippen MR) is 81.3 cm³/mol. The Kier molecular flexibility index (Phi) is 6.34. The Morgan fingerprint density at radius 3 is 2.68 bits per heavy atom. The van der Waals surface area contributed by atoms with Crippen molar-refractivity contribution in [3.63, 3.8) is 0 Å². The van der Waals surface area contributed by atoms with Gasteiger partial charge in [-0.1, -0.05) is 30.3 Å². The van der Waals surface area contributed by atoms with E-state index in [0.717, 1.165) is 25.7 Å². The number of piperidine rings is 1. The molecule has 0 aliphatic carbocycles. The van der Waals surface area contributed by atoms with Crippen LogP contribution in [0, 0.1) is 0 Å². The molecular weight excluding hydrogens is 234 g/mol. The minimum atomic E-state index is 0.737. The van der Waals surface area contributed by atoms with Crippen LogP contribution >= 0.6 is 0 Å². The molecular formula is C16H27N3. The topological polar surface area (TPSA) is 27.3 Å². The summed E-state index contributed by atoms with van der Waals surface area (Å²) in [7, 11) is 2.21. The largest absolute Gasteiger partial charge is 0.317 e. The summed E-state index contributed by atoms with van der Waals surface area (Å²) in [5.74, 6) is 0. The maximum atomic E-state index is 3.67. The van der Waals surface area contributed by atoms with E-state index in [1.54, 1.807) is 0 Å². The third-order valence-electron chi connectivity index (χ3n) is 3.78. The van der Waals surface area contributed by atoms with Crippen LogP contribution in [0.3, 0.4) is 0 Å². The van der Waals surface area contributed by atoms with Gasteiger partial charge in [0.15, 0.2) is 0 Å². The Balaban J connectivity index is 1.55. The molecule has 1 aliphatic rings. The standard InChI is InChI=1S/C16H27N3/c1-19(14-15-6-3-2-4-7-15)13-5-10-18-16-8-11-17-12-9-16/h2-4,6-7,16-18H,5,8-14H2,1H3. The average Bonchev–Trinajstić information content (AvgIpc) is 2.46. The highest BCUT2D eigenvalue weighted by atomic mass is 15.1. The molecule has 106 valence electrons. The van der Waals surface area contributed by atoms with E-state index in [4.69, 9.17) is 0 Å². The van der Waals surface area contributed by atoms with E-state index in [0.29, 0.717) is 0 Å². The zero-order valence-electron chi connectivity index (χ0n) is 12.1. The van der Waals surface area contributed by atoms with E-state index >= 15 is 0 Å². The molecule has 19 heavy (non-hydrogen) atoms. The molecule has 0 spiro atoms. The summed E-state index contributed by atoms with van der Waals surface area (Å²) in [6, 6.07) is 11.4. The van der Waals surface area contributed by atoms with Crippen LogP contribution in [-0.2, 0) is 6.54 Å². The molecule has 1 fully saturated rings. The third-order valence-corrected chi connectivity index (χ3v) is 3.78. The van der Waals surface area contributed by atoms with Crippen molar-refractivity contribution in [2.75, 3.05) is 33.2 Å². The molecule has 1 aliphatic heterocycles. The number of benzene rings is 1. The molecule has 1 aromatic carbocycles. The first-order valence-corrected chi connectivity index (χ1v) is 7.51. The normalized spacial score (nSPS) is 16.9. The summed E-state index contributed by atoms with van der Waals surface area (Å²) >= 11 is 0. The smallest absolute Gasteiger partial charge is 0.0230 e. The first-order valence-electron chi connectivity index (χ1n) is 7.51. The molecule has 0 amide bonds. The van der Waals surface area contributed by atoms with Gasteiger partial charge in [-0.25, -0.2) is 0 Å². The van der Waals surface area contributed by atoms with E-state index in [1.165, 1.54) is 37.9 Å². The van der Waals surface area contributed by atoms with Crippen LogP contribution in [0.5, 0.6) is 0 Å². The lowest BCUT2D eigenvalue weighted by atomic mass is 10.1. The SMILES string of the molecule is CN(CCCNC1CCNCC1)Cc1ccccc1. The Hall–Kier alpha value is -0.900. The summed E-state index contributed by atoms with van der Waals surface area (Å²) in [6.07, 6.45) is 3.78. The van der Waals surface area contributed by atoms with Gasteiger partial charge in [0.1, 0.15) is 0 Å². The number of hydrogen-bond acceptors (Lipinski definition) is 3. The van der Waals surface area contributed by atoms with Crippen molar-refractivity contribution in [1.29, 1.82) is 0 Å². The fourth-order valence-electron chi connectivity index (χ4n) is 2.66. The lowest BCUT2D eigenvalue weighted by Gasteiger charge is -2.24. The Morgan fingerprint density at radius 1 is 1.21 bits per heavy atom. The van der Waals surface area contributed by atoms with Crippen molar-refractivity contribution >= 4 is 0 Å². The molecule has 3 heteroatoms. The fraction of sp³-hybridized carbons (Fsp3) is 0.625. The summed E-state index contributed by atoms with van der Waals surface area (Å²) < 4.78 is 0. The van der Waals surface area contributed by atoms with Gasteiger partial charge in [0.05, 0.1) is 0 Å². The third kappa shape index (κ3) is 5.72. The molecule has 0 unspecified atom stereocenters. The van der Waals surface area contributed by atoms with Crippen LogP contribution in [0.15, 0.2) is 30.3 Å². The molecule has 3 nitrogen and oxygen atoms in total. The van der Waals surface area contributed by atoms with E-state index in [-0.39, 0.29) is 0 Å². The molecule has 0 atom stereocenters. The zero-order chi connectivity index (χ0) is 13.3. The molecule has 2 N–H and O–H groups in total. The average molecular weight is 261 g/mol. The Bertz CT molecular complexity index is 333. The summed E-state index contributed by atoms with van der Waals surface area (Å²) in [6.45, 7) is 5.70. The summed E-state index contributed by atoms with van der Waals surface area (Å²) in [5, 5.41) is 7.08. The van der Waals surface area contributed by atoms with Crippen LogP contribution in [-0.4, -0.2) is 44.2 Å². The number of nitrogens with zero attached hydrogens (tertiary/aromatic N) is 1. The first kappa shape index (κ1) is 14.5. The Labute approximate surface area is 117 Å². The van der Waals surface area contributed by atoms with Gasteiger partial charge in [-0.05, 0) is 58.1 Å². The van der Waals surface area contributed by atoms with Gasteiger partial charge in [0.2, 0.25) is 0 Å². The van der Waals surface area contributed by atoms with Crippen LogP contribution in [0.25, 0.3) is 0 Å². The number of hydrogen-bond donors (Lipinski definition) is 2. The monoisotopic (exact) mass is 261 g/mol. The van der Waals surface area contributed by atoms with Crippen molar-refractivity contribution in [3.05, 3.63) is 35.9 Å². The van der Waals surface area contributed by atoms with Crippen molar-refractivity contribution in [2.45, 2.75) is 31.8 Å². The molecule has 0 saturated carbocycles. The highest BCUT2D eigenvalue weighted by molar-refractivity contribution is 5.14. The van der Waals surface area contributed by atoms with Crippen LogP contribution in [0.1, 0.15) is 24.8 Å². The predicted octanol–water partition coefficient (Wildman–Crippen LogP) is 1.85. The zero-order valence-corrected chi connectivity index (χ0v) is 12.1. The highest BCUT2D eigenvalue weighted by Gasteiger charge is 2.11. The van der Waals surface area contributed by atoms with Crippen molar-refractivity contribution in [3.8, 4) is 0 Å². The van der Waals surface area contributed by atoms with Gasteiger partial charge in [-0.2, -0.15) is 0 Å². The van der Waals surface area contributed by atoms with Crippen LogP contribution in [0.2, 0.25) is 0 Å². The maximum Gasteiger partial charge on any atom is 0.0230 e. The number of nitrogens with one attached hydrogen (secondary N) is 2. The highest BCUT2D eigenvalue weighted by Crippen LogP contribution is 2.04. The van der Waals surface area contributed by atoms with Crippen LogP contribution < -0.4 is 10.6 Å². The molecule has 1 saturated heterocycles. The second-order valence-corrected chi connectivity index (χ2v) is 5.56. The molecule has 0 bridgehead atoms. The van der Waals surface area contributed by atoms with E-state index in [1.807, 2.05) is 0 Å².